The topological polar surface area (TPSA) is 38.5 Å². The first-order valence-electron chi connectivity index (χ1n) is 7.00. The second-order valence-electron chi connectivity index (χ2n) is 5.46. The smallest absolute Gasteiger partial charge is 0.230 e. The fraction of sp³-hybridized carbons (Fsp3) is 0.438. The van der Waals surface area contributed by atoms with E-state index in [0.29, 0.717) is 5.92 Å². The van der Waals surface area contributed by atoms with Gasteiger partial charge in [-0.05, 0) is 37.0 Å². The number of methoxy groups -OCH3 is 1. The van der Waals surface area contributed by atoms with Crippen molar-refractivity contribution in [2.75, 3.05) is 26.1 Å². The highest BCUT2D eigenvalue weighted by atomic mass is 16.5. The molecule has 1 aliphatic rings. The normalized spacial score (nSPS) is 17.6. The number of ether oxygens (including phenoxy) is 1. The predicted molar refractivity (Wildman–Crippen MR) is 78.6 cm³/mol. The van der Waals surface area contributed by atoms with Gasteiger partial charge >= 0.3 is 0 Å². The van der Waals surface area contributed by atoms with E-state index in [1.807, 2.05) is 31.1 Å². The second-order valence-corrected chi connectivity index (χ2v) is 5.46. The molecule has 4 heteroatoms. The summed E-state index contributed by atoms with van der Waals surface area (Å²) in [6.45, 7) is 0. The lowest BCUT2D eigenvalue weighted by Crippen LogP contribution is -2.16. The summed E-state index contributed by atoms with van der Waals surface area (Å²) < 4.78 is 10.9. The van der Waals surface area contributed by atoms with Gasteiger partial charge in [0.25, 0.3) is 0 Å². The van der Waals surface area contributed by atoms with Crippen LogP contribution in [-0.4, -0.2) is 26.4 Å². The molecule has 0 amide bonds. The lowest BCUT2D eigenvalue weighted by molar-refractivity contribution is 0.413. The number of fused-ring (bicyclic) bond motifs is 1. The number of hydrogen-bond acceptors (Lipinski definition) is 4. The van der Waals surface area contributed by atoms with Gasteiger partial charge in [0.05, 0.1) is 12.8 Å². The van der Waals surface area contributed by atoms with Gasteiger partial charge in [-0.2, -0.15) is 0 Å². The highest BCUT2D eigenvalue weighted by Crippen LogP contribution is 2.42. The average Bonchev–Trinajstić information content (AvgIpc) is 2.91. The highest BCUT2D eigenvalue weighted by molar-refractivity contribution is 5.52. The van der Waals surface area contributed by atoms with Crippen LogP contribution in [-0.2, 0) is 6.42 Å². The Morgan fingerprint density at radius 2 is 2.20 bits per heavy atom. The minimum atomic E-state index is 0.345. The summed E-state index contributed by atoms with van der Waals surface area (Å²) in [7, 11) is 5.70. The van der Waals surface area contributed by atoms with Crippen molar-refractivity contribution in [1.29, 1.82) is 0 Å². The van der Waals surface area contributed by atoms with E-state index >= 15 is 0 Å². The minimum absolute atomic E-state index is 0.345. The quantitative estimate of drug-likeness (QED) is 0.860. The molecule has 1 aliphatic carbocycles. The van der Waals surface area contributed by atoms with E-state index in [1.54, 1.807) is 7.11 Å². The van der Waals surface area contributed by atoms with Crippen molar-refractivity contribution in [3.05, 3.63) is 41.1 Å². The molecule has 106 valence electrons. The van der Waals surface area contributed by atoms with Crippen LogP contribution in [0, 0.1) is 0 Å². The van der Waals surface area contributed by atoms with Gasteiger partial charge in [-0.1, -0.05) is 17.3 Å². The van der Waals surface area contributed by atoms with E-state index in [-0.39, 0.29) is 0 Å². The van der Waals surface area contributed by atoms with Crippen LogP contribution in [0.4, 0.5) is 5.88 Å². The number of hydrogen-bond donors (Lipinski definition) is 0. The van der Waals surface area contributed by atoms with E-state index in [1.165, 1.54) is 11.1 Å². The molecule has 0 aliphatic heterocycles. The van der Waals surface area contributed by atoms with Gasteiger partial charge in [0.1, 0.15) is 5.75 Å². The van der Waals surface area contributed by atoms with Crippen LogP contribution in [0.25, 0.3) is 0 Å². The zero-order valence-electron chi connectivity index (χ0n) is 12.2. The van der Waals surface area contributed by atoms with E-state index < -0.39 is 0 Å². The number of aryl methyl sites for hydroxylation is 1. The summed E-state index contributed by atoms with van der Waals surface area (Å²) in [5.41, 5.74) is 3.62. The van der Waals surface area contributed by atoms with E-state index in [9.17, 15) is 0 Å². The third kappa shape index (κ3) is 2.15. The fourth-order valence-corrected chi connectivity index (χ4v) is 2.98. The number of rotatable bonds is 3. The number of nitrogens with zero attached hydrogens (tertiary/aromatic N) is 2. The molecule has 0 bridgehead atoms. The first-order chi connectivity index (χ1) is 9.70. The molecule has 0 saturated carbocycles. The molecule has 3 rings (SSSR count). The van der Waals surface area contributed by atoms with Crippen molar-refractivity contribution in [2.24, 2.45) is 0 Å². The van der Waals surface area contributed by atoms with Crippen LogP contribution in [0.1, 0.15) is 35.6 Å². The molecule has 1 unspecified atom stereocenters. The van der Waals surface area contributed by atoms with Crippen molar-refractivity contribution in [3.8, 4) is 5.75 Å². The lowest BCUT2D eigenvalue weighted by Gasteiger charge is -2.24. The molecule has 2 aromatic rings. The summed E-state index contributed by atoms with van der Waals surface area (Å²) >= 11 is 0. The van der Waals surface area contributed by atoms with Gasteiger partial charge < -0.3 is 14.2 Å². The van der Waals surface area contributed by atoms with Crippen LogP contribution in [0.15, 0.2) is 28.8 Å². The lowest BCUT2D eigenvalue weighted by atomic mass is 9.81. The molecule has 4 nitrogen and oxygen atoms in total. The largest absolute Gasteiger partial charge is 0.497 e. The van der Waals surface area contributed by atoms with Gasteiger partial charge in [0, 0.05) is 25.6 Å². The molecule has 1 aromatic heterocycles. The van der Waals surface area contributed by atoms with Gasteiger partial charge in [-0.15, -0.1) is 0 Å². The van der Waals surface area contributed by atoms with Crippen molar-refractivity contribution < 1.29 is 9.26 Å². The SMILES string of the molecule is COc1cccc(C2CCCc3noc(N(C)C)c32)c1. The minimum Gasteiger partial charge on any atom is -0.497 e. The Hall–Kier alpha value is -1.97. The molecule has 1 heterocycles. The molecule has 0 radical (unpaired) electrons. The molecular formula is C16H20N2O2. The highest BCUT2D eigenvalue weighted by Gasteiger charge is 2.30. The Morgan fingerprint density at radius 1 is 1.35 bits per heavy atom. The Bertz CT molecular complexity index is 604. The molecule has 0 N–H and O–H groups in total. The van der Waals surface area contributed by atoms with Crippen LogP contribution >= 0.6 is 0 Å². The van der Waals surface area contributed by atoms with Crippen molar-refractivity contribution in [1.82, 2.24) is 5.16 Å². The molecule has 0 saturated heterocycles. The van der Waals surface area contributed by atoms with E-state index in [4.69, 9.17) is 9.26 Å². The second kappa shape index (κ2) is 5.19. The number of aromatic nitrogens is 1. The Balaban J connectivity index is 2.06. The van der Waals surface area contributed by atoms with E-state index in [0.717, 1.165) is 36.6 Å². The molecule has 1 aromatic carbocycles. The zero-order valence-corrected chi connectivity index (χ0v) is 12.2. The molecule has 20 heavy (non-hydrogen) atoms. The van der Waals surface area contributed by atoms with Gasteiger partial charge in [0.15, 0.2) is 0 Å². The molecular weight excluding hydrogens is 252 g/mol. The third-order valence-corrected chi connectivity index (χ3v) is 3.94. The maximum absolute atomic E-state index is 5.53. The fourth-order valence-electron chi connectivity index (χ4n) is 2.98. The Morgan fingerprint density at radius 3 is 2.95 bits per heavy atom. The van der Waals surface area contributed by atoms with Gasteiger partial charge in [-0.25, -0.2) is 0 Å². The van der Waals surface area contributed by atoms with Gasteiger partial charge in [0.2, 0.25) is 5.88 Å². The molecule has 1 atom stereocenters. The maximum atomic E-state index is 5.53. The summed E-state index contributed by atoms with van der Waals surface area (Å²) in [5.74, 6) is 2.13. The zero-order chi connectivity index (χ0) is 14.1. The van der Waals surface area contributed by atoms with Crippen LogP contribution in [0.2, 0.25) is 0 Å². The Labute approximate surface area is 119 Å². The standard InChI is InChI=1S/C16H20N2O2/c1-18(2)16-15-13(8-5-9-14(15)17-20-16)11-6-4-7-12(10-11)19-3/h4,6-7,10,13H,5,8-9H2,1-3H3. The van der Waals surface area contributed by atoms with Gasteiger partial charge in [-0.3, -0.25) is 0 Å². The van der Waals surface area contributed by atoms with Crippen molar-refractivity contribution in [2.45, 2.75) is 25.2 Å². The summed E-state index contributed by atoms with van der Waals surface area (Å²) in [6, 6.07) is 8.31. The first-order valence-corrected chi connectivity index (χ1v) is 7.00. The monoisotopic (exact) mass is 272 g/mol. The summed E-state index contributed by atoms with van der Waals surface area (Å²) in [4.78, 5) is 2.00. The maximum Gasteiger partial charge on any atom is 0.230 e. The van der Waals surface area contributed by atoms with Crippen LogP contribution in [0.5, 0.6) is 5.75 Å². The average molecular weight is 272 g/mol. The van der Waals surface area contributed by atoms with Crippen molar-refractivity contribution in [3.63, 3.8) is 0 Å². The molecule has 0 fully saturated rings. The van der Waals surface area contributed by atoms with Crippen molar-refractivity contribution >= 4 is 5.88 Å². The Kier molecular flexibility index (Phi) is 3.38. The first kappa shape index (κ1) is 13.0. The van der Waals surface area contributed by atoms with Crippen LogP contribution < -0.4 is 9.64 Å². The number of benzene rings is 1. The summed E-state index contributed by atoms with van der Waals surface area (Å²) in [5, 5.41) is 4.25. The van der Waals surface area contributed by atoms with E-state index in [2.05, 4.69) is 17.3 Å². The number of anilines is 1. The molecule has 0 spiro atoms. The predicted octanol–water partition coefficient (Wildman–Crippen LogP) is 3.22. The third-order valence-electron chi connectivity index (χ3n) is 3.94. The van der Waals surface area contributed by atoms with Crippen LogP contribution in [0.3, 0.4) is 0 Å². The summed E-state index contributed by atoms with van der Waals surface area (Å²) in [6.07, 6.45) is 3.28.